The van der Waals surface area contributed by atoms with Crippen molar-refractivity contribution in [1.29, 1.82) is 5.26 Å². The third-order valence-corrected chi connectivity index (χ3v) is 5.71. The van der Waals surface area contributed by atoms with Crippen LogP contribution in [0.1, 0.15) is 44.1 Å². The van der Waals surface area contributed by atoms with Gasteiger partial charge in [0.1, 0.15) is 17.5 Å². The number of Topliss-reactive ketones (excluding diaryl/α,β-unsaturated/α-hetero) is 2. The van der Waals surface area contributed by atoms with Gasteiger partial charge in [0.25, 0.3) is 0 Å². The molecule has 0 saturated heterocycles. The van der Waals surface area contributed by atoms with Gasteiger partial charge in [0.15, 0.2) is 11.6 Å². The molecule has 3 aliphatic rings. The molecular formula is C19H16IN3O2. The van der Waals surface area contributed by atoms with Gasteiger partial charge in [-0.3, -0.25) is 14.5 Å². The van der Waals surface area contributed by atoms with Crippen LogP contribution >= 0.6 is 22.6 Å². The van der Waals surface area contributed by atoms with Crippen LogP contribution in [0, 0.1) is 14.9 Å². The van der Waals surface area contributed by atoms with Crippen LogP contribution in [0.2, 0.25) is 0 Å². The first kappa shape index (κ1) is 16.3. The van der Waals surface area contributed by atoms with Crippen molar-refractivity contribution in [2.45, 2.75) is 38.5 Å². The van der Waals surface area contributed by atoms with E-state index in [0.717, 1.165) is 40.6 Å². The maximum atomic E-state index is 12.7. The number of para-hydroxylation sites is 1. The molecule has 5 nitrogen and oxygen atoms in total. The lowest BCUT2D eigenvalue weighted by atomic mass is 9.90. The minimum absolute atomic E-state index is 0.0298. The van der Waals surface area contributed by atoms with Crippen molar-refractivity contribution in [2.75, 3.05) is 4.90 Å². The monoisotopic (exact) mass is 445 g/mol. The third-order valence-electron chi connectivity index (χ3n) is 4.84. The van der Waals surface area contributed by atoms with Gasteiger partial charge < -0.3 is 5.32 Å². The smallest absolute Gasteiger partial charge is 0.181 e. The van der Waals surface area contributed by atoms with E-state index < -0.39 is 0 Å². The number of ketones is 2. The topological polar surface area (TPSA) is 73.2 Å². The highest BCUT2D eigenvalue weighted by Gasteiger charge is 2.39. The van der Waals surface area contributed by atoms with E-state index in [1.54, 1.807) is 11.0 Å². The molecule has 2 aliphatic carbocycles. The number of nitriles is 1. The van der Waals surface area contributed by atoms with Gasteiger partial charge in [-0.25, -0.2) is 0 Å². The van der Waals surface area contributed by atoms with Gasteiger partial charge in [0, 0.05) is 27.8 Å². The van der Waals surface area contributed by atoms with Gasteiger partial charge in [-0.1, -0.05) is 6.07 Å². The Morgan fingerprint density at radius 2 is 1.60 bits per heavy atom. The molecule has 6 heteroatoms. The number of anilines is 1. The Bertz CT molecular complexity index is 866. The van der Waals surface area contributed by atoms with Gasteiger partial charge in [0.2, 0.25) is 0 Å². The zero-order chi connectivity index (χ0) is 17.6. The first-order valence-electron chi connectivity index (χ1n) is 8.40. The summed E-state index contributed by atoms with van der Waals surface area (Å²) >= 11 is 2.17. The summed E-state index contributed by atoms with van der Waals surface area (Å²) in [6.07, 6.45) is 4.14. The van der Waals surface area contributed by atoms with E-state index in [-0.39, 0.29) is 11.6 Å². The van der Waals surface area contributed by atoms with Crippen molar-refractivity contribution in [3.63, 3.8) is 0 Å². The molecule has 0 spiro atoms. The predicted molar refractivity (Wildman–Crippen MR) is 101 cm³/mol. The highest BCUT2D eigenvalue weighted by molar-refractivity contribution is 14.1. The lowest BCUT2D eigenvalue weighted by molar-refractivity contribution is -0.116. The molecule has 1 heterocycles. The molecule has 126 valence electrons. The number of hydrogen-bond acceptors (Lipinski definition) is 5. The summed E-state index contributed by atoms with van der Waals surface area (Å²) in [6, 6.07) is 7.68. The van der Waals surface area contributed by atoms with Crippen molar-refractivity contribution >= 4 is 39.8 Å². The lowest BCUT2D eigenvalue weighted by Crippen LogP contribution is -2.44. The van der Waals surface area contributed by atoms with E-state index in [2.05, 4.69) is 34.0 Å². The largest absolute Gasteiger partial charge is 0.359 e. The molecule has 1 aromatic carbocycles. The van der Waals surface area contributed by atoms with E-state index in [9.17, 15) is 14.9 Å². The minimum atomic E-state index is 0.0298. The number of rotatable bonds is 1. The third kappa shape index (κ3) is 2.58. The first-order valence-corrected chi connectivity index (χ1v) is 9.48. The summed E-state index contributed by atoms with van der Waals surface area (Å²) in [7, 11) is 0. The lowest BCUT2D eigenvalue weighted by Gasteiger charge is -2.40. The van der Waals surface area contributed by atoms with E-state index in [1.807, 2.05) is 12.1 Å². The minimum Gasteiger partial charge on any atom is -0.359 e. The van der Waals surface area contributed by atoms with Crippen LogP contribution in [0.3, 0.4) is 0 Å². The number of carbonyl (C=O) groups is 2. The van der Waals surface area contributed by atoms with Crippen molar-refractivity contribution in [3.05, 3.63) is 50.1 Å². The molecule has 0 fully saturated rings. The molecular weight excluding hydrogens is 429 g/mol. The fourth-order valence-corrected chi connectivity index (χ4v) is 4.51. The Morgan fingerprint density at radius 3 is 2.16 bits per heavy atom. The van der Waals surface area contributed by atoms with Crippen molar-refractivity contribution < 1.29 is 9.59 Å². The van der Waals surface area contributed by atoms with Gasteiger partial charge in [-0.2, -0.15) is 5.26 Å². The van der Waals surface area contributed by atoms with Crippen LogP contribution in [-0.2, 0) is 9.59 Å². The second-order valence-electron chi connectivity index (χ2n) is 6.42. The number of carbonyl (C=O) groups excluding carboxylic acids is 2. The van der Waals surface area contributed by atoms with Gasteiger partial charge >= 0.3 is 0 Å². The summed E-state index contributed by atoms with van der Waals surface area (Å²) < 4.78 is 0.856. The first-order chi connectivity index (χ1) is 12.1. The molecule has 1 aromatic rings. The molecule has 25 heavy (non-hydrogen) atoms. The average molecular weight is 445 g/mol. The quantitative estimate of drug-likeness (QED) is 0.671. The average Bonchev–Trinajstić information content (AvgIpc) is 2.60. The normalized spacial score (nSPS) is 20.1. The zero-order valence-corrected chi connectivity index (χ0v) is 15.7. The Morgan fingerprint density at radius 1 is 1.00 bits per heavy atom. The number of hydrogen-bond donors (Lipinski definition) is 1. The Kier molecular flexibility index (Phi) is 4.12. The van der Waals surface area contributed by atoms with Gasteiger partial charge in [-0.15, -0.1) is 0 Å². The summed E-state index contributed by atoms with van der Waals surface area (Å²) in [5.41, 5.74) is 3.98. The van der Waals surface area contributed by atoms with Crippen LogP contribution in [0.4, 0.5) is 5.69 Å². The van der Waals surface area contributed by atoms with Crippen LogP contribution in [-0.4, -0.2) is 11.6 Å². The van der Waals surface area contributed by atoms with Crippen LogP contribution in [0.15, 0.2) is 41.0 Å². The summed E-state index contributed by atoms with van der Waals surface area (Å²) in [4.78, 5) is 27.3. The molecule has 0 amide bonds. The Hall–Kier alpha value is -2.14. The maximum Gasteiger partial charge on any atom is 0.181 e. The van der Waals surface area contributed by atoms with Crippen molar-refractivity contribution in [1.82, 2.24) is 5.32 Å². The summed E-state index contributed by atoms with van der Waals surface area (Å²) in [5, 5.41) is 13.0. The maximum absolute atomic E-state index is 12.7. The molecule has 0 aromatic heterocycles. The number of nitrogens with one attached hydrogen (secondary N) is 1. The van der Waals surface area contributed by atoms with Crippen molar-refractivity contribution in [2.24, 2.45) is 0 Å². The molecule has 0 radical (unpaired) electrons. The molecule has 0 atom stereocenters. The van der Waals surface area contributed by atoms with E-state index >= 15 is 0 Å². The Balaban J connectivity index is 2.01. The van der Waals surface area contributed by atoms with Gasteiger partial charge in [0.05, 0.1) is 11.3 Å². The predicted octanol–water partition coefficient (Wildman–Crippen LogP) is 3.50. The molecule has 0 saturated carbocycles. The van der Waals surface area contributed by atoms with Crippen LogP contribution in [0.5, 0.6) is 0 Å². The molecule has 0 unspecified atom stereocenters. The fourth-order valence-electron chi connectivity index (χ4n) is 3.77. The highest BCUT2D eigenvalue weighted by Crippen LogP contribution is 2.42. The summed E-state index contributed by atoms with van der Waals surface area (Å²) in [6.45, 7) is 0. The molecule has 0 bridgehead atoms. The Labute approximate surface area is 159 Å². The number of benzene rings is 1. The molecule has 1 aliphatic heterocycles. The van der Waals surface area contributed by atoms with Gasteiger partial charge in [-0.05, 0) is 60.4 Å². The second-order valence-corrected chi connectivity index (χ2v) is 7.58. The zero-order valence-electron chi connectivity index (χ0n) is 13.6. The number of allylic oxidation sites excluding steroid dienone is 4. The van der Waals surface area contributed by atoms with E-state index in [0.29, 0.717) is 35.5 Å². The SMILES string of the molecule is N#Cc1cccc(I)c1N1C2=C(CCCC2=O)NC2=C1C(=O)CCC2. The van der Waals surface area contributed by atoms with Crippen molar-refractivity contribution in [3.8, 4) is 6.07 Å². The summed E-state index contributed by atoms with van der Waals surface area (Å²) in [5.74, 6) is 0.0597. The fraction of sp³-hybridized carbons (Fsp3) is 0.316. The second kappa shape index (κ2) is 6.30. The van der Waals surface area contributed by atoms with E-state index in [4.69, 9.17) is 0 Å². The molecule has 1 N–H and O–H groups in total. The highest BCUT2D eigenvalue weighted by atomic mass is 127. The molecule has 4 rings (SSSR count). The van der Waals surface area contributed by atoms with E-state index in [1.165, 1.54) is 0 Å². The van der Waals surface area contributed by atoms with Crippen LogP contribution in [0.25, 0.3) is 0 Å². The number of nitrogens with zero attached hydrogens (tertiary/aromatic N) is 2. The standard InChI is InChI=1S/C19H16IN3O2/c20-12-5-1-4-11(10-21)17(12)23-18-13(6-2-8-15(18)24)22-14-7-3-9-16(25)19(14)23/h1,4-5,22H,2-3,6-9H2. The van der Waals surface area contributed by atoms with Crippen LogP contribution < -0.4 is 10.2 Å². The number of halogens is 1.